The molecule has 16 nitrogen and oxygen atoms in total. The molecule has 0 aliphatic heterocycles. The van der Waals surface area contributed by atoms with Crippen molar-refractivity contribution in [3.8, 4) is 0 Å². The van der Waals surface area contributed by atoms with Gasteiger partial charge < -0.3 is 26.3 Å². The Morgan fingerprint density at radius 1 is 0.635 bits per heavy atom. The molecule has 52 heavy (non-hydrogen) atoms. The number of nitrogens with zero attached hydrogens (tertiary/aromatic N) is 5. The molecule has 252 valence electrons. The summed E-state index contributed by atoms with van der Waals surface area (Å²) in [7, 11) is -9.73. The molecule has 0 saturated heterocycles. The van der Waals surface area contributed by atoms with Gasteiger partial charge in [-0.25, -0.2) is 16.8 Å². The number of Topliss-reactive ketones (excluding diaryl/α,β-unsaturated/α-hetero) is 1. The Morgan fingerprint density at radius 2 is 1.25 bits per heavy atom. The van der Waals surface area contributed by atoms with Gasteiger partial charge in [0.05, 0.1) is 43.8 Å². The molecule has 0 unspecified atom stereocenters. The molecule has 5 aromatic rings. The number of nitrogen functional groups attached to an aromatic ring is 3. The van der Waals surface area contributed by atoms with Crippen LogP contribution in [0.15, 0.2) is 126 Å². The van der Waals surface area contributed by atoms with Crippen LogP contribution in [0.25, 0.3) is 16.8 Å². The van der Waals surface area contributed by atoms with Crippen LogP contribution in [0, 0.1) is 0 Å². The fraction of sp³-hybridized carbons (Fsp3) is 0. The number of benzene rings is 5. The van der Waals surface area contributed by atoms with Gasteiger partial charge in [0.25, 0.3) is 0 Å². The third kappa shape index (κ3) is 8.81. The van der Waals surface area contributed by atoms with Gasteiger partial charge in [-0.2, -0.15) is 15.3 Å². The molecule has 0 bridgehead atoms. The maximum absolute atomic E-state index is 13.5. The molecule has 0 amide bonds. The Hall–Kier alpha value is -4.34. The quantitative estimate of drug-likeness (QED) is 0.0534. The van der Waals surface area contributed by atoms with E-state index in [9.17, 15) is 30.7 Å². The fourth-order valence-corrected chi connectivity index (χ4v) is 6.09. The van der Waals surface area contributed by atoms with Crippen LogP contribution in [0.4, 0.5) is 45.5 Å². The minimum atomic E-state index is -5.05. The summed E-state index contributed by atoms with van der Waals surface area (Å²) in [5.74, 6) is -0.761. The van der Waals surface area contributed by atoms with Crippen molar-refractivity contribution in [2.75, 3.05) is 22.6 Å². The fourth-order valence-electron chi connectivity index (χ4n) is 4.90. The number of ketones is 1. The van der Waals surface area contributed by atoms with Crippen LogP contribution in [-0.4, -0.2) is 37.4 Å². The summed E-state index contributed by atoms with van der Waals surface area (Å²) < 4.78 is 70.7. The van der Waals surface area contributed by atoms with Crippen molar-refractivity contribution in [3.05, 3.63) is 102 Å². The minimum absolute atomic E-state index is 0. The number of hydrogen-bond donors (Lipinski definition) is 4. The summed E-state index contributed by atoms with van der Waals surface area (Å²) >= 11 is 0. The number of allylic oxidation sites excluding steroid dienone is 1. The molecule has 0 saturated carbocycles. The van der Waals surface area contributed by atoms with Crippen LogP contribution in [0.1, 0.15) is 15.9 Å². The Bertz CT molecular complexity index is 2560. The number of carbonyl (C=O) groups excluding carboxylic acids is 1. The molecule has 1 aliphatic rings. The van der Waals surface area contributed by atoms with Gasteiger partial charge in [-0.15, -0.1) is 10.2 Å². The van der Waals surface area contributed by atoms with E-state index < -0.39 is 35.8 Å². The molecule has 20 heteroatoms. The topological polar surface area (TPSA) is 283 Å². The molecule has 0 radical (unpaired) electrons. The molecule has 0 spiro atoms. The van der Waals surface area contributed by atoms with Gasteiger partial charge in [-0.05, 0) is 84.9 Å². The van der Waals surface area contributed by atoms with E-state index in [4.69, 9.17) is 17.2 Å². The summed E-state index contributed by atoms with van der Waals surface area (Å²) in [6, 6.07) is 20.5. The smallest absolute Gasteiger partial charge is 0.744 e. The van der Waals surface area contributed by atoms with Gasteiger partial charge in [0.15, 0.2) is 0 Å². The number of azo groups is 2. The molecular formula is C32H23N9Na2O7S2. The Kier molecular flexibility index (Phi) is 12.5. The molecule has 0 atom stereocenters. The number of rotatable bonds is 8. The standard InChI is InChI=1S/C32H25N9O7S2.2Na/c33-17-1-3-18(4-2-17)38-41-28-16-29(50(46,47)48)23-11-13-27(32(42)30(23)31(28)35)40-37-20-7-5-19(6-8-20)36-39-26-14-12-25(34)24-15-21(49(43,44)45)9-10-22(24)26;;/h1-16,37H,33-35H2,(H,43,44,45)(H,46,47,48);;/q;2*+1/p-2/b39-36?,40-27+,41-38?;;. The van der Waals surface area contributed by atoms with Gasteiger partial charge in [0.2, 0.25) is 5.78 Å². The third-order valence-corrected chi connectivity index (χ3v) is 9.09. The van der Waals surface area contributed by atoms with Gasteiger partial charge >= 0.3 is 59.1 Å². The number of hydrazone groups is 1. The van der Waals surface area contributed by atoms with Gasteiger partial charge in [0.1, 0.15) is 31.6 Å². The van der Waals surface area contributed by atoms with Crippen molar-refractivity contribution < 1.29 is 89.9 Å². The first-order valence-corrected chi connectivity index (χ1v) is 17.1. The molecule has 0 fully saturated rings. The second kappa shape index (κ2) is 16.1. The first kappa shape index (κ1) is 40.4. The normalized spacial score (nSPS) is 13.7. The van der Waals surface area contributed by atoms with E-state index >= 15 is 0 Å². The maximum Gasteiger partial charge on any atom is 1.00 e. The maximum atomic E-state index is 13.5. The number of hydrogen-bond acceptors (Lipinski definition) is 16. The number of fused-ring (bicyclic) bond motifs is 2. The van der Waals surface area contributed by atoms with Crippen molar-refractivity contribution in [1.29, 1.82) is 0 Å². The van der Waals surface area contributed by atoms with Crippen molar-refractivity contribution in [2.45, 2.75) is 9.79 Å². The number of nitrogens with one attached hydrogen (secondary N) is 1. The molecule has 0 aromatic heterocycles. The number of nitrogens with two attached hydrogens (primary N) is 3. The SMILES string of the molecule is Nc1ccc(N=Nc2cc(S(=O)(=O)[O-])c3c(c2N)C(=O)/C(=N/Nc2ccc(N=Nc4ccc(N)c5cc(S(=O)(=O)[O-])ccc45)cc2)C=C3)cc1.[Na+].[Na+]. The van der Waals surface area contributed by atoms with Crippen molar-refractivity contribution in [1.82, 2.24) is 0 Å². The first-order chi connectivity index (χ1) is 23.7. The van der Waals surface area contributed by atoms with Gasteiger partial charge in [0, 0.05) is 27.7 Å². The molecular weight excluding hydrogens is 733 g/mol. The minimum Gasteiger partial charge on any atom is -0.744 e. The summed E-state index contributed by atoms with van der Waals surface area (Å²) in [5, 5.41) is 21.4. The Morgan fingerprint density at radius 3 is 1.87 bits per heavy atom. The molecule has 5 aromatic carbocycles. The van der Waals surface area contributed by atoms with Gasteiger partial charge in [-0.3, -0.25) is 10.2 Å². The van der Waals surface area contributed by atoms with E-state index in [2.05, 4.69) is 31.0 Å². The summed E-state index contributed by atoms with van der Waals surface area (Å²) in [6.07, 6.45) is 2.50. The average molecular weight is 756 g/mol. The zero-order valence-corrected chi connectivity index (χ0v) is 33.0. The largest absolute Gasteiger partial charge is 1.00 e. The van der Waals surface area contributed by atoms with Crippen molar-refractivity contribution in [2.24, 2.45) is 25.6 Å². The van der Waals surface area contributed by atoms with Crippen LogP contribution in [-0.2, 0) is 20.2 Å². The van der Waals surface area contributed by atoms with Crippen LogP contribution in [0.2, 0.25) is 0 Å². The van der Waals surface area contributed by atoms with Crippen molar-refractivity contribution in [3.63, 3.8) is 0 Å². The van der Waals surface area contributed by atoms with E-state index in [1.54, 1.807) is 54.6 Å². The van der Waals surface area contributed by atoms with E-state index in [-0.39, 0.29) is 93.0 Å². The zero-order valence-electron chi connectivity index (χ0n) is 27.4. The molecule has 0 heterocycles. The van der Waals surface area contributed by atoms with E-state index in [0.717, 1.165) is 6.07 Å². The summed E-state index contributed by atoms with van der Waals surface area (Å²) in [4.78, 5) is 12.4. The first-order valence-electron chi connectivity index (χ1n) is 14.2. The van der Waals surface area contributed by atoms with E-state index in [1.165, 1.54) is 36.4 Å². The zero-order chi connectivity index (χ0) is 35.8. The number of anilines is 4. The monoisotopic (exact) mass is 755 g/mol. The average Bonchev–Trinajstić information content (AvgIpc) is 3.07. The molecule has 7 N–H and O–H groups in total. The van der Waals surface area contributed by atoms with Crippen LogP contribution in [0.5, 0.6) is 0 Å². The second-order valence-electron chi connectivity index (χ2n) is 10.7. The van der Waals surface area contributed by atoms with Crippen molar-refractivity contribution >= 4 is 94.1 Å². The summed E-state index contributed by atoms with van der Waals surface area (Å²) in [6.45, 7) is 0. The van der Waals surface area contributed by atoms with Crippen LogP contribution >= 0.6 is 0 Å². The molecule has 6 rings (SSSR count). The third-order valence-electron chi connectivity index (χ3n) is 7.38. The van der Waals surface area contributed by atoms with E-state index in [1.807, 2.05) is 0 Å². The molecule has 1 aliphatic carbocycles. The Balaban J connectivity index is 0.00000302. The van der Waals surface area contributed by atoms with Crippen LogP contribution < -0.4 is 81.7 Å². The Labute approximate surface area is 341 Å². The second-order valence-corrected chi connectivity index (χ2v) is 13.4. The van der Waals surface area contributed by atoms with Gasteiger partial charge in [-0.1, -0.05) is 12.1 Å². The summed E-state index contributed by atoms with van der Waals surface area (Å²) in [5.41, 5.74) is 22.0. The van der Waals surface area contributed by atoms with E-state index in [0.29, 0.717) is 39.2 Å². The van der Waals surface area contributed by atoms with Crippen LogP contribution in [0.3, 0.4) is 0 Å². The predicted molar refractivity (Wildman–Crippen MR) is 185 cm³/mol. The number of carbonyl (C=O) groups is 1. The predicted octanol–water partition coefficient (Wildman–Crippen LogP) is -0.0890.